The van der Waals surface area contributed by atoms with Gasteiger partial charge in [-0.3, -0.25) is 4.79 Å². The molecule has 1 aromatic rings. The fourth-order valence-corrected chi connectivity index (χ4v) is 3.28. The molecule has 1 aliphatic carbocycles. The number of nitrogens with two attached hydrogens (primary N) is 1. The zero-order valence-corrected chi connectivity index (χ0v) is 13.2. The molecule has 6 heteroatoms. The van der Waals surface area contributed by atoms with E-state index in [1.165, 1.54) is 0 Å². The first-order chi connectivity index (χ1) is 9.78. The Morgan fingerprint density at radius 3 is 2.48 bits per heavy atom. The molecule has 0 aliphatic heterocycles. The van der Waals surface area contributed by atoms with E-state index in [2.05, 4.69) is 0 Å². The minimum absolute atomic E-state index is 0.0922. The Labute approximate surface area is 125 Å². The summed E-state index contributed by atoms with van der Waals surface area (Å²) >= 11 is 0. The van der Waals surface area contributed by atoms with E-state index in [4.69, 9.17) is 9.32 Å². The van der Waals surface area contributed by atoms with Crippen molar-refractivity contribution < 1.29 is 17.4 Å². The molecule has 2 rings (SSSR count). The molecule has 2 N–H and O–H groups in total. The Morgan fingerprint density at radius 2 is 1.95 bits per heavy atom. The molecule has 0 spiro atoms. The number of hydrogen-bond acceptors (Lipinski definition) is 4. The molecule has 1 aliphatic rings. The second-order valence-corrected chi connectivity index (χ2v) is 6.26. The van der Waals surface area contributed by atoms with E-state index in [9.17, 15) is 13.2 Å². The highest BCUT2D eigenvalue weighted by Crippen LogP contribution is 2.40. The van der Waals surface area contributed by atoms with Gasteiger partial charge in [0.2, 0.25) is 0 Å². The molecule has 1 aromatic carbocycles. The summed E-state index contributed by atoms with van der Waals surface area (Å²) in [5.41, 5.74) is 3.59. The Hall–Kier alpha value is -1.66. The zero-order chi connectivity index (χ0) is 15.8. The summed E-state index contributed by atoms with van der Waals surface area (Å²) in [5.74, 6) is -0.0357. The summed E-state index contributed by atoms with van der Waals surface area (Å²) < 4.78 is 26.8. The predicted molar refractivity (Wildman–Crippen MR) is 81.1 cm³/mol. The average molecular weight is 309 g/mol. The number of Topliss-reactive ketones (excluding diaryl/α,β-unsaturated/α-hetero) is 1. The van der Waals surface area contributed by atoms with Gasteiger partial charge in [-0.05, 0) is 54.2 Å². The summed E-state index contributed by atoms with van der Waals surface area (Å²) in [6.45, 7) is 5.78. The van der Waals surface area contributed by atoms with Gasteiger partial charge in [0.05, 0.1) is 0 Å². The monoisotopic (exact) mass is 309 g/mol. The molecule has 0 heterocycles. The summed E-state index contributed by atoms with van der Waals surface area (Å²) in [4.78, 5) is 12.4. The minimum atomic E-state index is -4.07. The van der Waals surface area contributed by atoms with Crippen molar-refractivity contribution in [2.24, 2.45) is 5.14 Å². The van der Waals surface area contributed by atoms with E-state index in [1.54, 1.807) is 18.2 Å². The van der Waals surface area contributed by atoms with Crippen molar-refractivity contribution in [3.63, 3.8) is 0 Å². The molecule has 114 valence electrons. The number of rotatable bonds is 4. The van der Waals surface area contributed by atoms with Crippen LogP contribution in [0.3, 0.4) is 0 Å². The lowest BCUT2D eigenvalue weighted by Gasteiger charge is -2.27. The van der Waals surface area contributed by atoms with Crippen LogP contribution in [0, 0.1) is 0 Å². The van der Waals surface area contributed by atoms with E-state index in [0.717, 1.165) is 28.7 Å². The lowest BCUT2D eigenvalue weighted by atomic mass is 9.76. The molecule has 0 saturated carbocycles. The standard InChI is InChI=1S/C15H19NO4S/c1-4-11-9(3)15(17)12(5-2)14-8-10(6-7-13(11)14)20-21(16,18)19/h6-8,12H,4-5H2,1-3H3,(H2,16,18,19). The number of allylic oxidation sites excluding steroid dienone is 2. The number of hydrogen-bond donors (Lipinski definition) is 1. The van der Waals surface area contributed by atoms with Crippen LogP contribution in [0.2, 0.25) is 0 Å². The van der Waals surface area contributed by atoms with Crippen molar-refractivity contribution in [2.75, 3.05) is 0 Å². The van der Waals surface area contributed by atoms with Crippen LogP contribution in [0.25, 0.3) is 5.57 Å². The van der Waals surface area contributed by atoms with Crippen LogP contribution in [0.4, 0.5) is 0 Å². The van der Waals surface area contributed by atoms with Gasteiger partial charge < -0.3 is 4.18 Å². The van der Waals surface area contributed by atoms with Crippen LogP contribution in [0.5, 0.6) is 5.75 Å². The van der Waals surface area contributed by atoms with Gasteiger partial charge in [-0.2, -0.15) is 13.6 Å². The molecule has 0 fully saturated rings. The van der Waals surface area contributed by atoms with Crippen LogP contribution in [0.15, 0.2) is 23.8 Å². The van der Waals surface area contributed by atoms with Crippen LogP contribution in [-0.4, -0.2) is 14.2 Å². The van der Waals surface area contributed by atoms with Gasteiger partial charge >= 0.3 is 10.3 Å². The smallest absolute Gasteiger partial charge is 0.371 e. The number of carbonyl (C=O) groups is 1. The molecule has 0 aromatic heterocycles. The van der Waals surface area contributed by atoms with Gasteiger partial charge in [0, 0.05) is 5.92 Å². The van der Waals surface area contributed by atoms with Gasteiger partial charge in [0.25, 0.3) is 0 Å². The maximum Gasteiger partial charge on any atom is 0.380 e. The van der Waals surface area contributed by atoms with Gasteiger partial charge in [0.1, 0.15) is 5.75 Å². The van der Waals surface area contributed by atoms with Crippen LogP contribution < -0.4 is 9.32 Å². The Bertz CT molecular complexity index is 719. The average Bonchev–Trinajstić information content (AvgIpc) is 2.39. The van der Waals surface area contributed by atoms with Crippen LogP contribution in [0.1, 0.15) is 50.7 Å². The number of fused-ring (bicyclic) bond motifs is 1. The van der Waals surface area contributed by atoms with E-state index < -0.39 is 10.3 Å². The first-order valence-corrected chi connectivity index (χ1v) is 8.36. The van der Waals surface area contributed by atoms with E-state index in [-0.39, 0.29) is 17.5 Å². The first-order valence-electron chi connectivity index (χ1n) is 6.89. The highest BCUT2D eigenvalue weighted by atomic mass is 32.2. The molecule has 21 heavy (non-hydrogen) atoms. The lowest BCUT2D eigenvalue weighted by Crippen LogP contribution is -2.22. The quantitative estimate of drug-likeness (QED) is 0.926. The summed E-state index contributed by atoms with van der Waals surface area (Å²) in [6, 6.07) is 4.97. The lowest BCUT2D eigenvalue weighted by molar-refractivity contribution is -0.117. The van der Waals surface area contributed by atoms with Crippen molar-refractivity contribution >= 4 is 21.7 Å². The summed E-state index contributed by atoms with van der Waals surface area (Å²) in [6.07, 6.45) is 1.40. The normalized spacial score (nSPS) is 18.7. The molecule has 1 unspecified atom stereocenters. The van der Waals surface area contributed by atoms with Gasteiger partial charge in [-0.1, -0.05) is 19.9 Å². The summed E-state index contributed by atoms with van der Waals surface area (Å²) in [5, 5.41) is 4.89. The second-order valence-electron chi connectivity index (χ2n) is 5.11. The molecular formula is C15H19NO4S. The second kappa shape index (κ2) is 5.61. The fraction of sp³-hybridized carbons (Fsp3) is 0.400. The summed E-state index contributed by atoms with van der Waals surface area (Å²) in [7, 11) is -4.07. The highest BCUT2D eigenvalue weighted by Gasteiger charge is 2.30. The molecule has 0 saturated heterocycles. The number of benzene rings is 1. The van der Waals surface area contributed by atoms with Crippen molar-refractivity contribution in [1.29, 1.82) is 0 Å². The van der Waals surface area contributed by atoms with Crippen LogP contribution >= 0.6 is 0 Å². The third-order valence-corrected chi connectivity index (χ3v) is 4.26. The fourth-order valence-electron chi connectivity index (χ4n) is 2.90. The Kier molecular flexibility index (Phi) is 4.20. The molecular weight excluding hydrogens is 290 g/mol. The molecule has 0 amide bonds. The number of ketones is 1. The van der Waals surface area contributed by atoms with E-state index >= 15 is 0 Å². The van der Waals surface area contributed by atoms with E-state index in [1.807, 2.05) is 20.8 Å². The third-order valence-electron chi connectivity index (χ3n) is 3.84. The van der Waals surface area contributed by atoms with Crippen LogP contribution in [-0.2, 0) is 15.1 Å². The number of carbonyl (C=O) groups excluding carboxylic acids is 1. The molecule has 5 nitrogen and oxygen atoms in total. The maximum absolute atomic E-state index is 12.4. The molecule has 0 radical (unpaired) electrons. The highest BCUT2D eigenvalue weighted by molar-refractivity contribution is 7.84. The van der Waals surface area contributed by atoms with Crippen molar-refractivity contribution in [3.05, 3.63) is 34.9 Å². The first kappa shape index (κ1) is 15.7. The topological polar surface area (TPSA) is 86.5 Å². The van der Waals surface area contributed by atoms with E-state index in [0.29, 0.717) is 6.42 Å². The van der Waals surface area contributed by atoms with Gasteiger partial charge in [-0.25, -0.2) is 0 Å². The maximum atomic E-state index is 12.4. The van der Waals surface area contributed by atoms with Crippen molar-refractivity contribution in [2.45, 2.75) is 39.5 Å². The SMILES string of the molecule is CCC1=C(C)C(=O)C(CC)c2cc(OS(N)(=O)=O)ccc21. The Balaban J connectivity index is 2.60. The van der Waals surface area contributed by atoms with Crippen molar-refractivity contribution in [3.8, 4) is 5.75 Å². The van der Waals surface area contributed by atoms with Gasteiger partial charge in [-0.15, -0.1) is 0 Å². The molecule has 1 atom stereocenters. The zero-order valence-electron chi connectivity index (χ0n) is 12.3. The van der Waals surface area contributed by atoms with Gasteiger partial charge in [0.15, 0.2) is 5.78 Å². The van der Waals surface area contributed by atoms with Crippen molar-refractivity contribution in [1.82, 2.24) is 0 Å². The predicted octanol–water partition coefficient (Wildman–Crippen LogP) is 2.53. The molecule has 0 bridgehead atoms. The minimum Gasteiger partial charge on any atom is -0.371 e. The largest absolute Gasteiger partial charge is 0.380 e. The third kappa shape index (κ3) is 3.01. The Morgan fingerprint density at radius 1 is 1.29 bits per heavy atom.